The Labute approximate surface area is 255 Å². The second kappa shape index (κ2) is 10.2. The molecule has 208 valence electrons. The summed E-state index contributed by atoms with van der Waals surface area (Å²) >= 11 is 0. The lowest BCUT2D eigenvalue weighted by Gasteiger charge is -2.21. The van der Waals surface area contributed by atoms with Crippen LogP contribution in [0.5, 0.6) is 0 Å². The van der Waals surface area contributed by atoms with Crippen LogP contribution in [0.3, 0.4) is 0 Å². The number of aromatic nitrogens is 2. The predicted octanol–water partition coefficient (Wildman–Crippen LogP) is 11.3. The topological polar surface area (TPSA) is 44.5 Å². The molecule has 0 aliphatic carbocycles. The molecule has 0 saturated heterocycles. The highest BCUT2D eigenvalue weighted by Crippen LogP contribution is 2.46. The fourth-order valence-electron chi connectivity index (χ4n) is 6.89. The predicted molar refractivity (Wildman–Crippen MR) is 187 cm³/mol. The van der Waals surface area contributed by atoms with Crippen molar-refractivity contribution in [2.75, 3.05) is 0 Å². The normalized spacial score (nSPS) is 11.4. The van der Waals surface area contributed by atoms with Crippen molar-refractivity contribution < 1.29 is 0 Å². The van der Waals surface area contributed by atoms with E-state index in [-0.39, 0.29) is 0 Å². The average molecular weight is 564 g/mol. The van der Waals surface area contributed by atoms with Crippen LogP contribution in [0.2, 0.25) is 0 Å². The number of aromatic amines is 1. The first-order valence-electron chi connectivity index (χ1n) is 15.2. The maximum Gasteiger partial charge on any atom is 0.124 e. The van der Waals surface area contributed by atoms with Crippen LogP contribution in [0.1, 0.15) is 19.4 Å². The van der Waals surface area contributed by atoms with E-state index in [0.717, 1.165) is 33.5 Å². The van der Waals surface area contributed by atoms with E-state index in [2.05, 4.69) is 137 Å². The quantitative estimate of drug-likeness (QED) is 0.165. The second-order valence-corrected chi connectivity index (χ2v) is 11.0. The van der Waals surface area contributed by atoms with Crippen LogP contribution in [0, 0.1) is 11.3 Å². The van der Waals surface area contributed by atoms with E-state index in [0.29, 0.717) is 5.56 Å². The van der Waals surface area contributed by atoms with Crippen molar-refractivity contribution >= 4 is 65.2 Å². The third-order valence-electron chi connectivity index (χ3n) is 8.71. The van der Waals surface area contributed by atoms with E-state index in [1.54, 1.807) is 0 Å². The number of hydrogen-bond donors (Lipinski definition) is 1. The van der Waals surface area contributed by atoms with Gasteiger partial charge in [-0.3, -0.25) is 4.57 Å². The summed E-state index contributed by atoms with van der Waals surface area (Å²) in [6.45, 7) is 4.00. The van der Waals surface area contributed by atoms with Gasteiger partial charge in [0.2, 0.25) is 0 Å². The molecule has 9 rings (SSSR count). The van der Waals surface area contributed by atoms with Crippen molar-refractivity contribution in [3.05, 3.63) is 139 Å². The van der Waals surface area contributed by atoms with Gasteiger partial charge in [-0.15, -0.1) is 0 Å². The summed E-state index contributed by atoms with van der Waals surface area (Å²) in [5.41, 5.74) is 7.38. The zero-order chi connectivity index (χ0) is 29.8. The van der Waals surface area contributed by atoms with Gasteiger partial charge in [0.25, 0.3) is 0 Å². The number of hydrogen-bond acceptors (Lipinski definition) is 1. The van der Waals surface area contributed by atoms with E-state index < -0.39 is 0 Å². The number of nitrogens with one attached hydrogen (secondary N) is 1. The average Bonchev–Trinajstić information content (AvgIpc) is 3.62. The first-order chi connectivity index (χ1) is 21.8. The molecule has 0 atom stereocenters. The maximum absolute atomic E-state index is 9.58. The Hall–Kier alpha value is -5.85. The molecule has 3 nitrogen and oxygen atoms in total. The summed E-state index contributed by atoms with van der Waals surface area (Å²) in [4.78, 5) is 3.79. The molecule has 0 spiro atoms. The molecule has 2 aromatic heterocycles. The van der Waals surface area contributed by atoms with Crippen LogP contribution in [0.15, 0.2) is 133 Å². The van der Waals surface area contributed by atoms with Crippen LogP contribution in [0.25, 0.3) is 82.0 Å². The number of nitrogens with zero attached hydrogens (tertiary/aromatic N) is 2. The van der Waals surface area contributed by atoms with Gasteiger partial charge >= 0.3 is 0 Å². The summed E-state index contributed by atoms with van der Waals surface area (Å²) in [5, 5.41) is 20.5. The molecule has 0 fully saturated rings. The van der Waals surface area contributed by atoms with Gasteiger partial charge in [-0.2, -0.15) is 5.26 Å². The van der Waals surface area contributed by atoms with Crippen molar-refractivity contribution in [3.63, 3.8) is 0 Å². The first kappa shape index (κ1) is 25.8. The number of fused-ring (bicyclic) bond motifs is 9. The van der Waals surface area contributed by atoms with E-state index in [1.807, 2.05) is 26.0 Å². The fraction of sp³-hybridized carbons (Fsp3) is 0.0488. The number of para-hydroxylation sites is 2. The van der Waals surface area contributed by atoms with Crippen LogP contribution in [-0.4, -0.2) is 9.55 Å². The Bertz CT molecular complexity index is 2570. The number of H-pyrrole nitrogens is 1. The molecule has 0 aliphatic rings. The lowest BCUT2D eigenvalue weighted by Crippen LogP contribution is -2.01. The van der Waals surface area contributed by atoms with Crippen molar-refractivity contribution in [2.45, 2.75) is 13.8 Å². The van der Waals surface area contributed by atoms with E-state index in [1.165, 1.54) is 48.5 Å². The molecule has 9 aromatic rings. The van der Waals surface area contributed by atoms with Gasteiger partial charge in [-0.05, 0) is 68.9 Å². The van der Waals surface area contributed by atoms with E-state index in [9.17, 15) is 5.26 Å². The minimum Gasteiger partial charge on any atom is -0.340 e. The molecule has 0 unspecified atom stereocenters. The SMILES string of the molecule is CC.N#Cc1ccc(-c2c(-n3c4ccccc4c4c5ccccc5[nH]c43)c3ccccc3c3cc4ccccc4cc23)cc1. The van der Waals surface area contributed by atoms with Crippen LogP contribution >= 0.6 is 0 Å². The van der Waals surface area contributed by atoms with Crippen molar-refractivity contribution in [3.8, 4) is 22.9 Å². The Balaban J connectivity index is 0.00000142. The number of rotatable bonds is 2. The van der Waals surface area contributed by atoms with E-state index >= 15 is 0 Å². The van der Waals surface area contributed by atoms with Gasteiger partial charge in [0.1, 0.15) is 5.65 Å². The summed E-state index contributed by atoms with van der Waals surface area (Å²) in [7, 11) is 0. The molecule has 0 aliphatic heterocycles. The molecule has 0 saturated carbocycles. The highest BCUT2D eigenvalue weighted by atomic mass is 15.1. The minimum absolute atomic E-state index is 0.653. The van der Waals surface area contributed by atoms with Gasteiger partial charge < -0.3 is 4.98 Å². The highest BCUT2D eigenvalue weighted by molar-refractivity contribution is 6.25. The summed E-state index contributed by atoms with van der Waals surface area (Å²) in [5.74, 6) is 0. The molecular weight excluding hydrogens is 534 g/mol. The molecule has 2 heterocycles. The monoisotopic (exact) mass is 563 g/mol. The third kappa shape index (κ3) is 3.68. The van der Waals surface area contributed by atoms with Crippen LogP contribution in [0.4, 0.5) is 0 Å². The van der Waals surface area contributed by atoms with E-state index in [4.69, 9.17) is 0 Å². The second-order valence-electron chi connectivity index (χ2n) is 11.0. The van der Waals surface area contributed by atoms with Gasteiger partial charge in [0.05, 0.1) is 22.8 Å². The molecule has 0 radical (unpaired) electrons. The zero-order valence-corrected chi connectivity index (χ0v) is 24.6. The minimum atomic E-state index is 0.653. The third-order valence-corrected chi connectivity index (χ3v) is 8.71. The number of nitriles is 1. The molecule has 3 heteroatoms. The Kier molecular flexibility index (Phi) is 5.96. The maximum atomic E-state index is 9.58. The smallest absolute Gasteiger partial charge is 0.124 e. The molecule has 0 bridgehead atoms. The highest BCUT2D eigenvalue weighted by Gasteiger charge is 2.23. The lowest BCUT2D eigenvalue weighted by atomic mass is 9.89. The summed E-state index contributed by atoms with van der Waals surface area (Å²) < 4.78 is 2.43. The van der Waals surface area contributed by atoms with Gasteiger partial charge in [-0.1, -0.05) is 111 Å². The molecule has 44 heavy (non-hydrogen) atoms. The molecule has 0 amide bonds. The van der Waals surface area contributed by atoms with Gasteiger partial charge in [0.15, 0.2) is 0 Å². The Morgan fingerprint density at radius 3 is 1.89 bits per heavy atom. The zero-order valence-electron chi connectivity index (χ0n) is 24.6. The first-order valence-corrected chi connectivity index (χ1v) is 15.2. The lowest BCUT2D eigenvalue weighted by molar-refractivity contribution is 1.17. The van der Waals surface area contributed by atoms with Gasteiger partial charge in [0, 0.05) is 32.6 Å². The molecular formula is C41H29N3. The van der Waals surface area contributed by atoms with Crippen LogP contribution in [-0.2, 0) is 0 Å². The van der Waals surface area contributed by atoms with Crippen molar-refractivity contribution in [2.24, 2.45) is 0 Å². The van der Waals surface area contributed by atoms with Crippen molar-refractivity contribution in [1.29, 1.82) is 5.26 Å². The summed E-state index contributed by atoms with van der Waals surface area (Å²) in [6.07, 6.45) is 0. The molecule has 7 aromatic carbocycles. The van der Waals surface area contributed by atoms with Crippen LogP contribution < -0.4 is 0 Å². The van der Waals surface area contributed by atoms with Crippen molar-refractivity contribution in [1.82, 2.24) is 9.55 Å². The standard InChI is InChI=1S/C39H23N3.C2H6/c40-23-24-17-19-25(20-18-24)36-33-22-27-10-2-1-9-26(27)21-32(33)28-11-3-4-12-29(28)38(36)42-35-16-8-6-14-31(35)37-30-13-5-7-15-34(30)41-39(37)42;1-2/h1-22,41H;1-2H3. The fourth-order valence-corrected chi connectivity index (χ4v) is 6.89. The largest absolute Gasteiger partial charge is 0.340 e. The number of benzene rings is 7. The Morgan fingerprint density at radius 2 is 1.16 bits per heavy atom. The van der Waals surface area contributed by atoms with Gasteiger partial charge in [-0.25, -0.2) is 0 Å². The Morgan fingerprint density at radius 1 is 0.568 bits per heavy atom. The molecule has 1 N–H and O–H groups in total. The summed E-state index contributed by atoms with van der Waals surface area (Å²) in [6, 6.07) is 49.6.